The Morgan fingerprint density at radius 3 is 2.29 bits per heavy atom. The van der Waals surface area contributed by atoms with Crippen molar-refractivity contribution in [2.75, 3.05) is 31.9 Å². The largest absolute Gasteiger partial charge is 0.450 e. The zero-order valence-corrected chi connectivity index (χ0v) is 15.0. The highest BCUT2D eigenvalue weighted by molar-refractivity contribution is 7.89. The van der Waals surface area contributed by atoms with E-state index in [-0.39, 0.29) is 24.7 Å². The number of likely N-dealkylation sites (tertiary alicyclic amines) is 1. The molecule has 3 heterocycles. The van der Waals surface area contributed by atoms with Gasteiger partial charge < -0.3 is 9.64 Å². The second kappa shape index (κ2) is 6.15. The summed E-state index contributed by atoms with van der Waals surface area (Å²) in [6, 6.07) is 0. The molecule has 0 radical (unpaired) electrons. The second-order valence-electron chi connectivity index (χ2n) is 6.68. The molecular formula is C16H24N2O5S. The predicted molar refractivity (Wildman–Crippen MR) is 87.6 cm³/mol. The molecule has 0 atom stereocenters. The Bertz CT molecular complexity index is 683. The molecule has 0 aromatic carbocycles. The van der Waals surface area contributed by atoms with E-state index in [1.165, 1.54) is 4.31 Å². The number of amides is 1. The summed E-state index contributed by atoms with van der Waals surface area (Å²) in [5.74, 6) is -0.527. The maximum Gasteiger partial charge on any atom is 0.335 e. The molecule has 0 saturated carbocycles. The smallest absolute Gasteiger partial charge is 0.335 e. The summed E-state index contributed by atoms with van der Waals surface area (Å²) in [4.78, 5) is 26.8. The van der Waals surface area contributed by atoms with Gasteiger partial charge in [0.05, 0.1) is 11.3 Å². The highest BCUT2D eigenvalue weighted by atomic mass is 32.2. The number of carbonyl (C=O) groups excluding carboxylic acids is 2. The van der Waals surface area contributed by atoms with Gasteiger partial charge in [0.15, 0.2) is 0 Å². The van der Waals surface area contributed by atoms with Crippen LogP contribution in [0.1, 0.15) is 39.5 Å². The van der Waals surface area contributed by atoms with Gasteiger partial charge in [-0.25, -0.2) is 17.5 Å². The lowest BCUT2D eigenvalue weighted by Crippen LogP contribution is -2.50. The summed E-state index contributed by atoms with van der Waals surface area (Å²) in [7, 11) is -3.27. The van der Waals surface area contributed by atoms with E-state index < -0.39 is 21.6 Å². The van der Waals surface area contributed by atoms with Crippen LogP contribution >= 0.6 is 0 Å². The first-order valence-electron chi connectivity index (χ1n) is 8.52. The van der Waals surface area contributed by atoms with Gasteiger partial charge in [-0.2, -0.15) is 0 Å². The van der Waals surface area contributed by atoms with Crippen LogP contribution < -0.4 is 0 Å². The molecule has 24 heavy (non-hydrogen) atoms. The average Bonchev–Trinajstić information content (AvgIpc) is 3.16. The SMILES string of the molecule is CCS(=O)(=O)N1CCC2(CC1)OC(=O)C(C)=C2C(=O)N1CCCC1. The van der Waals surface area contributed by atoms with Gasteiger partial charge in [-0.1, -0.05) is 0 Å². The highest BCUT2D eigenvalue weighted by Gasteiger charge is 2.52. The van der Waals surface area contributed by atoms with Crippen molar-refractivity contribution in [2.24, 2.45) is 0 Å². The van der Waals surface area contributed by atoms with E-state index in [0.29, 0.717) is 37.1 Å². The first kappa shape index (κ1) is 17.4. The molecule has 0 aromatic rings. The number of sulfonamides is 1. The lowest BCUT2D eigenvalue weighted by atomic mass is 9.83. The van der Waals surface area contributed by atoms with E-state index >= 15 is 0 Å². The molecule has 1 spiro atoms. The van der Waals surface area contributed by atoms with Gasteiger partial charge in [-0.15, -0.1) is 0 Å². The molecule has 3 aliphatic heterocycles. The van der Waals surface area contributed by atoms with Crippen molar-refractivity contribution in [1.82, 2.24) is 9.21 Å². The standard InChI is InChI=1S/C16H24N2O5S/c1-3-24(21,22)18-10-6-16(7-11-18)13(12(2)15(20)23-16)14(19)17-8-4-5-9-17/h3-11H2,1-2H3. The number of nitrogens with zero attached hydrogens (tertiary/aromatic N) is 2. The Balaban J connectivity index is 1.85. The third-order valence-electron chi connectivity index (χ3n) is 5.32. The van der Waals surface area contributed by atoms with Gasteiger partial charge in [0.1, 0.15) is 5.60 Å². The Kier molecular flexibility index (Phi) is 4.46. The van der Waals surface area contributed by atoms with Crippen LogP contribution in [0.25, 0.3) is 0 Å². The van der Waals surface area contributed by atoms with Crippen molar-refractivity contribution >= 4 is 21.9 Å². The lowest BCUT2D eigenvalue weighted by molar-refractivity contribution is -0.150. The van der Waals surface area contributed by atoms with Crippen molar-refractivity contribution in [3.05, 3.63) is 11.1 Å². The predicted octanol–water partition coefficient (Wildman–Crippen LogP) is 0.666. The fraction of sp³-hybridized carbons (Fsp3) is 0.750. The Hall–Kier alpha value is -1.41. The molecule has 3 rings (SSSR count). The summed E-state index contributed by atoms with van der Waals surface area (Å²) >= 11 is 0. The number of hydrogen-bond acceptors (Lipinski definition) is 5. The van der Waals surface area contributed by atoms with E-state index in [2.05, 4.69) is 0 Å². The van der Waals surface area contributed by atoms with Crippen LogP contribution in [-0.2, 0) is 24.3 Å². The molecular weight excluding hydrogens is 332 g/mol. The number of carbonyl (C=O) groups is 2. The molecule has 0 unspecified atom stereocenters. The summed E-state index contributed by atoms with van der Waals surface area (Å²) < 4.78 is 31.1. The normalized spacial score (nSPS) is 24.8. The van der Waals surface area contributed by atoms with Crippen LogP contribution in [-0.4, -0.2) is 67.0 Å². The molecule has 0 bridgehead atoms. The van der Waals surface area contributed by atoms with Gasteiger partial charge in [0.25, 0.3) is 5.91 Å². The van der Waals surface area contributed by atoms with Crippen LogP contribution in [0.5, 0.6) is 0 Å². The summed E-state index contributed by atoms with van der Waals surface area (Å²) in [5, 5.41) is 0. The van der Waals surface area contributed by atoms with E-state index in [9.17, 15) is 18.0 Å². The van der Waals surface area contributed by atoms with Gasteiger partial charge in [-0.3, -0.25) is 4.79 Å². The number of ether oxygens (including phenoxy) is 1. The minimum absolute atomic E-state index is 0.0498. The zero-order valence-electron chi connectivity index (χ0n) is 14.2. The van der Waals surface area contributed by atoms with Gasteiger partial charge in [0.2, 0.25) is 10.0 Å². The van der Waals surface area contributed by atoms with Crippen LogP contribution in [0.2, 0.25) is 0 Å². The van der Waals surface area contributed by atoms with Gasteiger partial charge >= 0.3 is 5.97 Å². The van der Waals surface area contributed by atoms with E-state index in [1.54, 1.807) is 18.7 Å². The minimum Gasteiger partial charge on any atom is -0.450 e. The Morgan fingerprint density at radius 1 is 1.17 bits per heavy atom. The monoisotopic (exact) mass is 356 g/mol. The second-order valence-corrected chi connectivity index (χ2v) is 8.94. The molecule has 2 saturated heterocycles. The number of hydrogen-bond donors (Lipinski definition) is 0. The maximum atomic E-state index is 12.9. The van der Waals surface area contributed by atoms with Crippen molar-refractivity contribution in [3.63, 3.8) is 0 Å². The average molecular weight is 356 g/mol. The van der Waals surface area contributed by atoms with Gasteiger partial charge in [-0.05, 0) is 26.7 Å². The summed E-state index contributed by atoms with van der Waals surface area (Å²) in [6.45, 7) is 5.20. The molecule has 1 amide bonds. The molecule has 0 aromatic heterocycles. The molecule has 0 aliphatic carbocycles. The molecule has 0 N–H and O–H groups in total. The number of piperidine rings is 1. The molecule has 8 heteroatoms. The quantitative estimate of drug-likeness (QED) is 0.694. The third kappa shape index (κ3) is 2.75. The molecule has 2 fully saturated rings. The Labute approximate surface area is 142 Å². The van der Waals surface area contributed by atoms with Crippen LogP contribution in [0.15, 0.2) is 11.1 Å². The van der Waals surface area contributed by atoms with Crippen LogP contribution in [0.3, 0.4) is 0 Å². The molecule has 7 nitrogen and oxygen atoms in total. The van der Waals surface area contributed by atoms with E-state index in [0.717, 1.165) is 12.8 Å². The summed E-state index contributed by atoms with van der Waals surface area (Å²) in [6.07, 6.45) is 2.62. The minimum atomic E-state index is -3.27. The molecule has 3 aliphatic rings. The lowest BCUT2D eigenvalue weighted by Gasteiger charge is -2.39. The zero-order chi connectivity index (χ0) is 17.5. The molecule has 134 valence electrons. The third-order valence-corrected chi connectivity index (χ3v) is 7.20. The fourth-order valence-electron chi connectivity index (χ4n) is 3.84. The van der Waals surface area contributed by atoms with Crippen molar-refractivity contribution in [1.29, 1.82) is 0 Å². The van der Waals surface area contributed by atoms with E-state index in [4.69, 9.17) is 4.74 Å². The fourth-order valence-corrected chi connectivity index (χ4v) is 4.95. The summed E-state index contributed by atoms with van der Waals surface area (Å²) in [5.41, 5.74) is -0.137. The number of esters is 1. The highest BCUT2D eigenvalue weighted by Crippen LogP contribution is 2.42. The Morgan fingerprint density at radius 2 is 1.75 bits per heavy atom. The number of rotatable bonds is 3. The first-order valence-corrected chi connectivity index (χ1v) is 10.1. The van der Waals surface area contributed by atoms with Crippen LogP contribution in [0.4, 0.5) is 0 Å². The van der Waals surface area contributed by atoms with Crippen molar-refractivity contribution in [3.8, 4) is 0 Å². The van der Waals surface area contributed by atoms with Crippen molar-refractivity contribution in [2.45, 2.75) is 45.1 Å². The topological polar surface area (TPSA) is 84.0 Å². The first-order chi connectivity index (χ1) is 11.3. The van der Waals surface area contributed by atoms with Crippen molar-refractivity contribution < 1.29 is 22.7 Å². The van der Waals surface area contributed by atoms with Crippen LogP contribution in [0, 0.1) is 0 Å². The van der Waals surface area contributed by atoms with Gasteiger partial charge in [0, 0.05) is 44.6 Å². The van der Waals surface area contributed by atoms with E-state index in [1.807, 2.05) is 0 Å². The maximum absolute atomic E-state index is 12.9.